The van der Waals surface area contributed by atoms with Crippen LogP contribution in [0.25, 0.3) is 16.0 Å². The first-order chi connectivity index (χ1) is 17.7. The predicted octanol–water partition coefficient (Wildman–Crippen LogP) is 6.69. The van der Waals surface area contributed by atoms with Crippen LogP contribution in [0.5, 0.6) is 5.75 Å². The van der Waals surface area contributed by atoms with Crippen LogP contribution in [-0.4, -0.2) is 27.9 Å². The van der Waals surface area contributed by atoms with Gasteiger partial charge < -0.3 is 9.84 Å². The summed E-state index contributed by atoms with van der Waals surface area (Å²) in [4.78, 5) is 32.5. The molecular weight excluding hydrogens is 538 g/mol. The molecule has 0 aliphatic carbocycles. The molecule has 0 radical (unpaired) electrons. The maximum absolute atomic E-state index is 13.8. The van der Waals surface area contributed by atoms with Crippen LogP contribution >= 0.6 is 34.5 Å². The number of anilines is 1. The van der Waals surface area contributed by atoms with E-state index in [1.165, 1.54) is 23.1 Å². The average Bonchev–Trinajstić information content (AvgIpc) is 3.52. The van der Waals surface area contributed by atoms with Crippen molar-refractivity contribution >= 4 is 67.3 Å². The maximum Gasteiger partial charge on any atom is 0.301 e. The molecule has 1 amide bonds. The standard InChI is InChI=1S/C27H17Cl2FN2O4S/c1-12-8-15-9-14(3-7-20(15)36-12)24(33)22-23(13-2-5-17(28)18(29)10-13)32(26(35)25(22)34)27-31-19-6-4-16(30)11-21(19)37-27/h2-7,9-12,23,33H,8H2,1H3/t12-,23-/m0/s1. The van der Waals surface area contributed by atoms with Crippen molar-refractivity contribution in [2.24, 2.45) is 0 Å². The lowest BCUT2D eigenvalue weighted by atomic mass is 9.94. The number of rotatable bonds is 3. The number of ketones is 1. The summed E-state index contributed by atoms with van der Waals surface area (Å²) < 4.78 is 20.1. The summed E-state index contributed by atoms with van der Waals surface area (Å²) >= 11 is 13.5. The number of halogens is 3. The van der Waals surface area contributed by atoms with Crippen LogP contribution < -0.4 is 9.64 Å². The second-order valence-corrected chi connectivity index (χ2v) is 10.7. The monoisotopic (exact) mass is 554 g/mol. The minimum atomic E-state index is -1.04. The first-order valence-corrected chi connectivity index (χ1v) is 12.9. The van der Waals surface area contributed by atoms with E-state index in [1.54, 1.807) is 36.4 Å². The number of aliphatic hydroxyl groups excluding tert-OH is 1. The lowest BCUT2D eigenvalue weighted by molar-refractivity contribution is -0.132. The molecule has 0 bridgehead atoms. The van der Waals surface area contributed by atoms with E-state index in [0.717, 1.165) is 16.9 Å². The van der Waals surface area contributed by atoms with Crippen molar-refractivity contribution in [3.05, 3.63) is 92.7 Å². The Morgan fingerprint density at radius 3 is 2.70 bits per heavy atom. The molecule has 0 saturated carbocycles. The fraction of sp³-hybridized carbons (Fsp3) is 0.148. The smallest absolute Gasteiger partial charge is 0.301 e. The fourth-order valence-electron chi connectivity index (χ4n) is 4.74. The number of benzene rings is 3. The van der Waals surface area contributed by atoms with E-state index in [-0.39, 0.29) is 27.6 Å². The Morgan fingerprint density at radius 2 is 1.92 bits per heavy atom. The van der Waals surface area contributed by atoms with Crippen LogP contribution in [0.15, 0.2) is 60.2 Å². The average molecular weight is 555 g/mol. The number of carbonyl (C=O) groups excluding carboxylic acids is 2. The summed E-state index contributed by atoms with van der Waals surface area (Å²) in [6.45, 7) is 1.94. The second-order valence-electron chi connectivity index (χ2n) is 8.91. The number of amides is 1. The van der Waals surface area contributed by atoms with Gasteiger partial charge in [-0.05, 0) is 66.6 Å². The lowest BCUT2D eigenvalue weighted by Gasteiger charge is -2.23. The molecule has 2 aliphatic rings. The number of carbonyl (C=O) groups is 2. The number of thiazole rings is 1. The Kier molecular flexibility index (Phi) is 5.71. The second kappa shape index (κ2) is 8.83. The number of aromatic nitrogens is 1. The van der Waals surface area contributed by atoms with Crippen molar-refractivity contribution in [1.29, 1.82) is 0 Å². The maximum atomic E-state index is 13.8. The molecule has 6 nitrogen and oxygen atoms in total. The summed E-state index contributed by atoms with van der Waals surface area (Å²) in [6.07, 6.45) is 0.654. The highest BCUT2D eigenvalue weighted by atomic mass is 35.5. The van der Waals surface area contributed by atoms with Gasteiger partial charge in [0.15, 0.2) is 5.13 Å². The molecule has 2 atom stereocenters. The summed E-state index contributed by atoms with van der Waals surface area (Å²) in [5.74, 6) is -1.79. The molecule has 186 valence electrons. The van der Waals surface area contributed by atoms with Crippen LogP contribution in [0, 0.1) is 5.82 Å². The van der Waals surface area contributed by atoms with E-state index in [9.17, 15) is 19.1 Å². The van der Waals surface area contributed by atoms with Gasteiger partial charge in [-0.1, -0.05) is 40.6 Å². The molecule has 3 heterocycles. The lowest BCUT2D eigenvalue weighted by Crippen LogP contribution is -2.29. The normalized spacial score (nSPS) is 20.5. The highest BCUT2D eigenvalue weighted by Crippen LogP contribution is 2.45. The van der Waals surface area contributed by atoms with E-state index < -0.39 is 23.5 Å². The van der Waals surface area contributed by atoms with Crippen LogP contribution in [-0.2, 0) is 16.0 Å². The van der Waals surface area contributed by atoms with E-state index in [0.29, 0.717) is 38.5 Å². The highest BCUT2D eigenvalue weighted by Gasteiger charge is 2.48. The molecule has 6 rings (SSSR count). The molecule has 3 aromatic carbocycles. The van der Waals surface area contributed by atoms with Gasteiger partial charge in [-0.25, -0.2) is 9.37 Å². The van der Waals surface area contributed by atoms with Crippen molar-refractivity contribution in [2.75, 3.05) is 4.90 Å². The van der Waals surface area contributed by atoms with Crippen LogP contribution in [0.4, 0.5) is 9.52 Å². The van der Waals surface area contributed by atoms with Gasteiger partial charge in [0, 0.05) is 12.0 Å². The SMILES string of the molecule is C[C@H]1Cc2cc(C(O)=C3C(=O)C(=O)N(c4nc5ccc(F)cc5s4)[C@H]3c3ccc(Cl)c(Cl)c3)ccc2O1. The van der Waals surface area contributed by atoms with Gasteiger partial charge in [-0.3, -0.25) is 14.5 Å². The van der Waals surface area contributed by atoms with Crippen molar-refractivity contribution in [3.8, 4) is 5.75 Å². The fourth-order valence-corrected chi connectivity index (χ4v) is 6.07. The van der Waals surface area contributed by atoms with Crippen molar-refractivity contribution < 1.29 is 23.8 Å². The summed E-state index contributed by atoms with van der Waals surface area (Å²) in [5, 5.41) is 12.1. The summed E-state index contributed by atoms with van der Waals surface area (Å²) in [6, 6.07) is 12.9. The molecule has 2 aliphatic heterocycles. The molecule has 10 heteroatoms. The number of nitrogens with zero attached hydrogens (tertiary/aromatic N) is 2. The molecule has 4 aromatic rings. The Hall–Kier alpha value is -3.46. The molecule has 1 saturated heterocycles. The number of hydrogen-bond donors (Lipinski definition) is 1. The third-order valence-corrected chi connectivity index (χ3v) is 8.18. The zero-order valence-corrected chi connectivity index (χ0v) is 21.5. The minimum Gasteiger partial charge on any atom is -0.507 e. The number of aliphatic hydroxyl groups is 1. The van der Waals surface area contributed by atoms with E-state index in [2.05, 4.69) is 4.98 Å². The van der Waals surface area contributed by atoms with Gasteiger partial charge in [-0.2, -0.15) is 0 Å². The van der Waals surface area contributed by atoms with Crippen LogP contribution in [0.2, 0.25) is 10.0 Å². The summed E-state index contributed by atoms with van der Waals surface area (Å²) in [5.41, 5.74) is 2.10. The summed E-state index contributed by atoms with van der Waals surface area (Å²) in [7, 11) is 0. The zero-order chi connectivity index (χ0) is 26.0. The minimum absolute atomic E-state index is 0.00180. The molecule has 0 spiro atoms. The Labute approximate surface area is 224 Å². The molecule has 37 heavy (non-hydrogen) atoms. The number of ether oxygens (including phenoxy) is 1. The van der Waals surface area contributed by atoms with Crippen molar-refractivity contribution in [1.82, 2.24) is 4.98 Å². The molecule has 0 unspecified atom stereocenters. The largest absolute Gasteiger partial charge is 0.507 e. The zero-order valence-electron chi connectivity index (χ0n) is 19.2. The van der Waals surface area contributed by atoms with Gasteiger partial charge >= 0.3 is 5.91 Å². The van der Waals surface area contributed by atoms with Crippen molar-refractivity contribution in [2.45, 2.75) is 25.5 Å². The predicted molar refractivity (Wildman–Crippen MR) is 141 cm³/mol. The first kappa shape index (κ1) is 23.9. The number of fused-ring (bicyclic) bond motifs is 2. The van der Waals surface area contributed by atoms with Gasteiger partial charge in [0.1, 0.15) is 23.4 Å². The quantitative estimate of drug-likeness (QED) is 0.173. The topological polar surface area (TPSA) is 79.7 Å². The Morgan fingerprint density at radius 1 is 1.11 bits per heavy atom. The third-order valence-electron chi connectivity index (χ3n) is 6.42. The van der Waals surface area contributed by atoms with Gasteiger partial charge in [0.05, 0.1) is 31.9 Å². The van der Waals surface area contributed by atoms with E-state index >= 15 is 0 Å². The number of Topliss-reactive ketones (excluding diaryl/α,β-unsaturated/α-hetero) is 1. The van der Waals surface area contributed by atoms with Gasteiger partial charge in [0.25, 0.3) is 5.78 Å². The molecular formula is C27H17Cl2FN2O4S. The number of hydrogen-bond acceptors (Lipinski definition) is 6. The van der Waals surface area contributed by atoms with Gasteiger partial charge in [0.2, 0.25) is 0 Å². The Bertz CT molecular complexity index is 1670. The van der Waals surface area contributed by atoms with E-state index in [1.807, 2.05) is 6.92 Å². The Balaban J connectivity index is 1.55. The van der Waals surface area contributed by atoms with Crippen molar-refractivity contribution in [3.63, 3.8) is 0 Å². The van der Waals surface area contributed by atoms with Gasteiger partial charge in [-0.15, -0.1) is 0 Å². The molecule has 1 aromatic heterocycles. The molecule has 1 fully saturated rings. The highest BCUT2D eigenvalue weighted by molar-refractivity contribution is 7.22. The molecule has 1 N–H and O–H groups in total. The van der Waals surface area contributed by atoms with Crippen LogP contribution in [0.1, 0.15) is 29.7 Å². The first-order valence-electron chi connectivity index (χ1n) is 11.3. The van der Waals surface area contributed by atoms with E-state index in [4.69, 9.17) is 27.9 Å². The third kappa shape index (κ3) is 3.96. The van der Waals surface area contributed by atoms with Crippen LogP contribution in [0.3, 0.4) is 0 Å².